The fraction of sp³-hybridized carbons (Fsp3) is 0.404. The summed E-state index contributed by atoms with van der Waals surface area (Å²) in [6.07, 6.45) is -14.0. The number of benzene rings is 4. The highest BCUT2D eigenvalue weighted by Crippen LogP contribution is 2.44. The van der Waals surface area contributed by atoms with Gasteiger partial charge in [-0.15, -0.1) is 0 Å². The number of hydrogen-bond donors (Lipinski definition) is 1. The summed E-state index contributed by atoms with van der Waals surface area (Å²) < 4.78 is 73.0. The molecule has 0 aliphatic carbocycles. The highest BCUT2D eigenvalue weighted by atomic mass is 16.8. The molecule has 3 aliphatic rings. The van der Waals surface area contributed by atoms with E-state index in [-0.39, 0.29) is 22.3 Å². The van der Waals surface area contributed by atoms with Crippen LogP contribution >= 0.6 is 0 Å². The number of fused-ring (bicyclic) bond motifs is 1. The molecule has 0 saturated carbocycles. The van der Waals surface area contributed by atoms with Crippen molar-refractivity contribution in [3.05, 3.63) is 144 Å². The van der Waals surface area contributed by atoms with Gasteiger partial charge in [0.25, 0.3) is 0 Å². The van der Waals surface area contributed by atoms with Crippen LogP contribution in [-0.4, -0.2) is 137 Å². The topological polar surface area (TPSA) is 199 Å². The third kappa shape index (κ3) is 10.0. The Morgan fingerprint density at radius 2 is 0.922 bits per heavy atom. The Morgan fingerprint density at radius 3 is 1.38 bits per heavy atom. The highest BCUT2D eigenvalue weighted by Gasteiger charge is 2.63. The highest BCUT2D eigenvalue weighted by molar-refractivity contribution is 5.91. The lowest BCUT2D eigenvalue weighted by Crippen LogP contribution is -2.73. The summed E-state index contributed by atoms with van der Waals surface area (Å²) in [5, 5.41) is 11.3. The van der Waals surface area contributed by atoms with Crippen LogP contribution in [0.3, 0.4) is 0 Å². The Labute approximate surface area is 369 Å². The maximum Gasteiger partial charge on any atom is 0.338 e. The van der Waals surface area contributed by atoms with E-state index in [1.807, 2.05) is 0 Å². The van der Waals surface area contributed by atoms with Crippen LogP contribution in [0.2, 0.25) is 0 Å². The number of carbonyl (C=O) groups excluding carboxylic acids is 4. The summed E-state index contributed by atoms with van der Waals surface area (Å²) in [5.41, 5.74) is 0.582. The maximum atomic E-state index is 14.0. The van der Waals surface area contributed by atoms with Crippen molar-refractivity contribution in [2.45, 2.75) is 86.8 Å². The Hall–Kier alpha value is -5.60. The first-order valence-corrected chi connectivity index (χ1v) is 20.5. The predicted molar refractivity (Wildman–Crippen MR) is 221 cm³/mol. The summed E-state index contributed by atoms with van der Waals surface area (Å²) in [5.74, 6) is -6.40. The molecule has 3 aliphatic heterocycles. The summed E-state index contributed by atoms with van der Waals surface area (Å²) in [7, 11) is 4.13. The van der Waals surface area contributed by atoms with Gasteiger partial charge in [-0.2, -0.15) is 0 Å². The fourth-order valence-electron chi connectivity index (χ4n) is 7.55. The Kier molecular flexibility index (Phi) is 14.9. The monoisotopic (exact) mass is 886 g/mol. The molecule has 17 nitrogen and oxygen atoms in total. The van der Waals surface area contributed by atoms with Gasteiger partial charge in [-0.25, -0.2) is 19.2 Å². The molecule has 0 spiro atoms. The van der Waals surface area contributed by atoms with Gasteiger partial charge in [0.05, 0.1) is 28.9 Å². The van der Waals surface area contributed by atoms with Crippen LogP contribution in [0.15, 0.2) is 121 Å². The second-order valence-corrected chi connectivity index (χ2v) is 15.3. The lowest BCUT2D eigenvalue weighted by molar-refractivity contribution is -0.480. The molecule has 340 valence electrons. The minimum Gasteiger partial charge on any atom is -0.459 e. The number of carbonyl (C=O) groups is 4. The minimum atomic E-state index is -1.68. The molecule has 17 heteroatoms. The molecule has 0 bridgehead atoms. The largest absolute Gasteiger partial charge is 0.459 e. The van der Waals surface area contributed by atoms with E-state index in [1.165, 1.54) is 57.7 Å². The van der Waals surface area contributed by atoms with Gasteiger partial charge in [-0.05, 0) is 62.4 Å². The molecule has 4 aromatic rings. The molecule has 0 amide bonds. The van der Waals surface area contributed by atoms with E-state index in [0.717, 1.165) is 0 Å². The average Bonchev–Trinajstić information content (AvgIpc) is 3.33. The molecular weight excluding hydrogens is 836 g/mol. The van der Waals surface area contributed by atoms with Gasteiger partial charge in [-0.3, -0.25) is 0 Å². The van der Waals surface area contributed by atoms with Crippen LogP contribution in [0.25, 0.3) is 0 Å². The molecule has 0 unspecified atom stereocenters. The standard InChI is InChI=1S/C47H50O17/c1-46(54-4)47(2,55-5)64-37-34(48)44(53-3)58-33(36(37)63-46)27-57-45-39(62-43(52)31-24-16-9-17-25-31)38(61-42(51)30-22-14-8-15-23-30)35(60-41(50)29-20-12-7-13-21-29)32(59-45)26-56-40(49)28-18-10-6-11-19-28/h6-25,32-39,44-45,48H,26-27H2,1-5H3/t32-,33-,34-,35-,36-,37-,38+,39+,44+,45+,46+,47+/m1/s1. The first kappa shape index (κ1) is 46.4. The number of aliphatic hydroxyl groups is 1. The Balaban J connectivity index is 1.28. The first-order valence-electron chi connectivity index (χ1n) is 20.5. The molecule has 0 radical (unpaired) electrons. The normalized spacial score (nSPS) is 31.2. The van der Waals surface area contributed by atoms with E-state index in [4.69, 9.17) is 56.8 Å². The molecule has 3 saturated heterocycles. The lowest BCUT2D eigenvalue weighted by atomic mass is 9.94. The predicted octanol–water partition coefficient (Wildman–Crippen LogP) is 4.50. The maximum absolute atomic E-state index is 14.0. The minimum absolute atomic E-state index is 0.115. The number of esters is 4. The second-order valence-electron chi connectivity index (χ2n) is 15.3. The summed E-state index contributed by atoms with van der Waals surface area (Å²) >= 11 is 0. The van der Waals surface area contributed by atoms with Crippen molar-refractivity contribution in [1.82, 2.24) is 0 Å². The number of rotatable bonds is 15. The van der Waals surface area contributed by atoms with Crippen LogP contribution in [0.5, 0.6) is 0 Å². The zero-order valence-electron chi connectivity index (χ0n) is 35.7. The van der Waals surface area contributed by atoms with Gasteiger partial charge in [0.1, 0.15) is 37.1 Å². The second kappa shape index (κ2) is 20.5. The number of ether oxygens (including phenoxy) is 12. The molecule has 3 heterocycles. The molecule has 1 N–H and O–H groups in total. The number of aliphatic hydroxyl groups excluding tert-OH is 1. The van der Waals surface area contributed by atoms with E-state index < -0.39 is 110 Å². The first-order chi connectivity index (χ1) is 30.9. The fourth-order valence-corrected chi connectivity index (χ4v) is 7.55. The quantitative estimate of drug-likeness (QED) is 0.129. The van der Waals surface area contributed by atoms with E-state index in [9.17, 15) is 24.3 Å². The van der Waals surface area contributed by atoms with E-state index in [2.05, 4.69) is 0 Å². The van der Waals surface area contributed by atoms with Crippen molar-refractivity contribution < 1.29 is 81.1 Å². The lowest BCUT2D eigenvalue weighted by Gasteiger charge is -2.56. The summed E-state index contributed by atoms with van der Waals surface area (Å²) in [6, 6.07) is 32.1. The third-order valence-electron chi connectivity index (χ3n) is 11.3. The Morgan fingerprint density at radius 1 is 0.516 bits per heavy atom. The Bertz CT molecular complexity index is 2180. The van der Waals surface area contributed by atoms with Crippen LogP contribution in [0.1, 0.15) is 55.3 Å². The van der Waals surface area contributed by atoms with Gasteiger partial charge in [0.15, 0.2) is 30.9 Å². The van der Waals surface area contributed by atoms with Gasteiger partial charge in [0.2, 0.25) is 11.6 Å². The van der Waals surface area contributed by atoms with Gasteiger partial charge in [-0.1, -0.05) is 72.8 Å². The van der Waals surface area contributed by atoms with Crippen LogP contribution in [0, 0.1) is 0 Å². The molecule has 64 heavy (non-hydrogen) atoms. The zero-order valence-corrected chi connectivity index (χ0v) is 35.7. The number of methoxy groups -OCH3 is 3. The van der Waals surface area contributed by atoms with E-state index >= 15 is 0 Å². The van der Waals surface area contributed by atoms with E-state index in [1.54, 1.807) is 98.8 Å². The van der Waals surface area contributed by atoms with Crippen molar-refractivity contribution >= 4 is 23.9 Å². The van der Waals surface area contributed by atoms with Crippen molar-refractivity contribution in [3.8, 4) is 0 Å². The average molecular weight is 887 g/mol. The van der Waals surface area contributed by atoms with Gasteiger partial charge < -0.3 is 61.9 Å². The zero-order chi connectivity index (χ0) is 45.4. The smallest absolute Gasteiger partial charge is 0.338 e. The third-order valence-corrected chi connectivity index (χ3v) is 11.3. The molecule has 3 fully saturated rings. The van der Waals surface area contributed by atoms with Crippen LogP contribution < -0.4 is 0 Å². The van der Waals surface area contributed by atoms with Crippen molar-refractivity contribution in [2.75, 3.05) is 34.5 Å². The molecule has 7 rings (SSSR count). The van der Waals surface area contributed by atoms with Crippen LogP contribution in [-0.2, 0) is 56.8 Å². The van der Waals surface area contributed by atoms with Crippen molar-refractivity contribution in [1.29, 1.82) is 0 Å². The molecule has 12 atom stereocenters. The number of hydrogen-bond acceptors (Lipinski definition) is 17. The summed E-state index contributed by atoms with van der Waals surface area (Å²) in [4.78, 5) is 55.3. The van der Waals surface area contributed by atoms with Crippen molar-refractivity contribution in [3.63, 3.8) is 0 Å². The molecule has 0 aromatic heterocycles. The van der Waals surface area contributed by atoms with Gasteiger partial charge in [0, 0.05) is 21.3 Å². The van der Waals surface area contributed by atoms with E-state index in [0.29, 0.717) is 0 Å². The SMILES string of the molecule is CO[C@H]1O[C@H](CO[C@H]2O[C@H](COC(=O)c3ccccc3)[C@@H](OC(=O)c3ccccc3)[C@H](OC(=O)c3ccccc3)[C@@H]2OC(=O)c2ccccc2)[C@H]2O[C@](C)(OC)[C@@](C)(OC)O[C@@H]2[C@H]1O. The summed E-state index contributed by atoms with van der Waals surface area (Å²) in [6.45, 7) is 2.18. The molecule has 4 aromatic carbocycles. The molecular formula is C47H50O17. The van der Waals surface area contributed by atoms with Crippen LogP contribution in [0.4, 0.5) is 0 Å². The van der Waals surface area contributed by atoms with Gasteiger partial charge >= 0.3 is 23.9 Å². The van der Waals surface area contributed by atoms with Crippen molar-refractivity contribution in [2.24, 2.45) is 0 Å².